The van der Waals surface area contributed by atoms with E-state index in [-0.39, 0.29) is 0 Å². The second-order valence-corrected chi connectivity index (χ2v) is 4.52. The Morgan fingerprint density at radius 3 is 2.75 bits per heavy atom. The molecular formula is C14H20N4O2. The minimum Gasteiger partial charge on any atom is -0.465 e. The molecular weight excluding hydrogens is 256 g/mol. The van der Waals surface area contributed by atoms with Crippen LogP contribution in [0, 0.1) is 0 Å². The first kappa shape index (κ1) is 14.5. The smallest absolute Gasteiger partial charge is 0.339 e. The predicted molar refractivity (Wildman–Crippen MR) is 76.7 cm³/mol. The number of rotatable bonds is 6. The molecule has 0 aliphatic rings. The number of nitrogens with zero attached hydrogens (tertiary/aromatic N) is 4. The lowest BCUT2D eigenvalue weighted by Crippen LogP contribution is -2.26. The summed E-state index contributed by atoms with van der Waals surface area (Å²) in [6.07, 6.45) is 3.30. The predicted octanol–water partition coefficient (Wildman–Crippen LogP) is 1.56. The fourth-order valence-electron chi connectivity index (χ4n) is 2.13. The maximum Gasteiger partial charge on any atom is 0.339 e. The number of hydrogen-bond donors (Lipinski definition) is 0. The second kappa shape index (κ2) is 6.47. The highest BCUT2D eigenvalue weighted by Crippen LogP contribution is 2.12. The minimum absolute atomic E-state index is 0.392. The van der Waals surface area contributed by atoms with Gasteiger partial charge in [0.25, 0.3) is 0 Å². The zero-order chi connectivity index (χ0) is 14.5. The highest BCUT2D eigenvalue weighted by molar-refractivity contribution is 5.92. The Bertz CT molecular complexity index is 590. The van der Waals surface area contributed by atoms with Crippen molar-refractivity contribution in [2.45, 2.75) is 20.4 Å². The summed E-state index contributed by atoms with van der Waals surface area (Å²) in [7, 11) is 1.36. The fraction of sp³-hybridized carbons (Fsp3) is 0.500. The third kappa shape index (κ3) is 2.96. The van der Waals surface area contributed by atoms with E-state index in [1.54, 1.807) is 12.4 Å². The first-order valence-electron chi connectivity index (χ1n) is 6.81. The summed E-state index contributed by atoms with van der Waals surface area (Å²) >= 11 is 0. The molecule has 2 rings (SSSR count). The second-order valence-electron chi connectivity index (χ2n) is 4.52. The molecule has 0 unspecified atom stereocenters. The summed E-state index contributed by atoms with van der Waals surface area (Å²) in [4.78, 5) is 22.4. The quantitative estimate of drug-likeness (QED) is 0.749. The average Bonchev–Trinajstić information content (AvgIpc) is 2.90. The molecule has 6 nitrogen and oxygen atoms in total. The number of carbonyl (C=O) groups is 1. The molecule has 2 aromatic heterocycles. The summed E-state index contributed by atoms with van der Waals surface area (Å²) < 4.78 is 6.69. The van der Waals surface area contributed by atoms with Crippen molar-refractivity contribution in [1.29, 1.82) is 0 Å². The molecule has 0 saturated carbocycles. The largest absolute Gasteiger partial charge is 0.465 e. The molecule has 108 valence electrons. The van der Waals surface area contributed by atoms with Gasteiger partial charge < -0.3 is 14.2 Å². The van der Waals surface area contributed by atoms with E-state index in [1.807, 2.05) is 4.57 Å². The molecule has 20 heavy (non-hydrogen) atoms. The first-order chi connectivity index (χ1) is 9.69. The van der Waals surface area contributed by atoms with Crippen LogP contribution in [-0.4, -0.2) is 52.1 Å². The number of pyridine rings is 1. The van der Waals surface area contributed by atoms with Crippen molar-refractivity contribution in [3.05, 3.63) is 24.2 Å². The molecule has 0 N–H and O–H groups in total. The van der Waals surface area contributed by atoms with Crippen molar-refractivity contribution in [2.24, 2.45) is 0 Å². The number of esters is 1. The van der Waals surface area contributed by atoms with Crippen LogP contribution in [0.15, 0.2) is 18.6 Å². The van der Waals surface area contributed by atoms with Gasteiger partial charge in [-0.3, -0.25) is 0 Å². The normalized spacial score (nSPS) is 11.2. The van der Waals surface area contributed by atoms with Crippen molar-refractivity contribution < 1.29 is 9.53 Å². The number of aromatic nitrogens is 3. The van der Waals surface area contributed by atoms with Crippen molar-refractivity contribution in [2.75, 3.05) is 26.7 Å². The van der Waals surface area contributed by atoms with E-state index in [2.05, 4.69) is 33.5 Å². The molecule has 0 bridgehead atoms. The Kier molecular flexibility index (Phi) is 4.68. The maximum atomic E-state index is 11.5. The van der Waals surface area contributed by atoms with E-state index in [1.165, 1.54) is 13.3 Å². The van der Waals surface area contributed by atoms with E-state index in [9.17, 15) is 4.79 Å². The van der Waals surface area contributed by atoms with Crippen LogP contribution in [0.25, 0.3) is 11.2 Å². The lowest BCUT2D eigenvalue weighted by atomic mass is 10.3. The monoisotopic (exact) mass is 276 g/mol. The molecule has 2 heterocycles. The molecule has 6 heteroatoms. The number of fused-ring (bicyclic) bond motifs is 1. The van der Waals surface area contributed by atoms with Crippen LogP contribution in [0.5, 0.6) is 0 Å². The average molecular weight is 276 g/mol. The van der Waals surface area contributed by atoms with E-state index in [0.29, 0.717) is 11.1 Å². The van der Waals surface area contributed by atoms with Gasteiger partial charge in [0.05, 0.1) is 19.0 Å². The van der Waals surface area contributed by atoms with Crippen molar-refractivity contribution >= 4 is 17.1 Å². The van der Waals surface area contributed by atoms with Crippen molar-refractivity contribution in [3.8, 4) is 0 Å². The molecule has 0 radical (unpaired) electrons. The molecule has 0 aromatic carbocycles. The molecule has 2 aromatic rings. The molecule has 0 saturated heterocycles. The summed E-state index contributed by atoms with van der Waals surface area (Å²) in [5, 5.41) is 0. The van der Waals surface area contributed by atoms with Gasteiger partial charge in [0.2, 0.25) is 0 Å². The van der Waals surface area contributed by atoms with Crippen LogP contribution in [-0.2, 0) is 11.3 Å². The van der Waals surface area contributed by atoms with Crippen LogP contribution in [0.3, 0.4) is 0 Å². The Morgan fingerprint density at radius 2 is 2.10 bits per heavy atom. The summed E-state index contributed by atoms with van der Waals surface area (Å²) in [6, 6.07) is 1.71. The molecule has 0 fully saturated rings. The standard InChI is InChI=1S/C14H20N4O2/c1-4-17(5-2)6-7-18-10-16-12-8-11(14(19)20-3)9-15-13(12)18/h8-10H,4-7H2,1-3H3. The van der Waals surface area contributed by atoms with Gasteiger partial charge in [0, 0.05) is 19.3 Å². The fourth-order valence-corrected chi connectivity index (χ4v) is 2.13. The number of hydrogen-bond acceptors (Lipinski definition) is 5. The van der Waals surface area contributed by atoms with Gasteiger partial charge in [-0.2, -0.15) is 0 Å². The Balaban J connectivity index is 2.18. The Labute approximate surface area is 118 Å². The van der Waals surface area contributed by atoms with Crippen LogP contribution >= 0.6 is 0 Å². The lowest BCUT2D eigenvalue weighted by molar-refractivity contribution is 0.0600. The third-order valence-corrected chi connectivity index (χ3v) is 3.43. The van der Waals surface area contributed by atoms with Gasteiger partial charge >= 0.3 is 5.97 Å². The maximum absolute atomic E-state index is 11.5. The highest BCUT2D eigenvalue weighted by Gasteiger charge is 2.10. The lowest BCUT2D eigenvalue weighted by Gasteiger charge is -2.17. The SMILES string of the molecule is CCN(CC)CCn1cnc2cc(C(=O)OC)cnc21. The number of ether oxygens (including phenoxy) is 1. The molecule has 0 amide bonds. The zero-order valence-corrected chi connectivity index (χ0v) is 12.2. The van der Waals surface area contributed by atoms with Crippen LogP contribution in [0.4, 0.5) is 0 Å². The van der Waals surface area contributed by atoms with E-state index in [4.69, 9.17) is 0 Å². The van der Waals surface area contributed by atoms with Gasteiger partial charge in [-0.25, -0.2) is 14.8 Å². The van der Waals surface area contributed by atoms with Crippen LogP contribution in [0.2, 0.25) is 0 Å². The van der Waals surface area contributed by atoms with Gasteiger partial charge in [-0.05, 0) is 19.2 Å². The van der Waals surface area contributed by atoms with Gasteiger partial charge in [0.15, 0.2) is 5.65 Å². The van der Waals surface area contributed by atoms with Crippen LogP contribution in [0.1, 0.15) is 24.2 Å². The number of likely N-dealkylation sites (N-methyl/N-ethyl adjacent to an activating group) is 1. The first-order valence-corrected chi connectivity index (χ1v) is 6.81. The molecule has 0 aliphatic carbocycles. The third-order valence-electron chi connectivity index (χ3n) is 3.43. The summed E-state index contributed by atoms with van der Waals surface area (Å²) in [5.74, 6) is -0.392. The van der Waals surface area contributed by atoms with E-state index < -0.39 is 5.97 Å². The number of imidazole rings is 1. The Morgan fingerprint density at radius 1 is 1.35 bits per heavy atom. The topological polar surface area (TPSA) is 60.2 Å². The van der Waals surface area contributed by atoms with E-state index >= 15 is 0 Å². The number of carbonyl (C=O) groups excluding carboxylic acids is 1. The Hall–Kier alpha value is -1.95. The van der Waals surface area contributed by atoms with Crippen LogP contribution < -0.4 is 0 Å². The summed E-state index contributed by atoms with van der Waals surface area (Å²) in [6.45, 7) is 8.15. The van der Waals surface area contributed by atoms with Crippen molar-refractivity contribution in [1.82, 2.24) is 19.4 Å². The highest BCUT2D eigenvalue weighted by atomic mass is 16.5. The molecule has 0 atom stereocenters. The molecule has 0 aliphatic heterocycles. The number of methoxy groups -OCH3 is 1. The van der Waals surface area contributed by atoms with Crippen molar-refractivity contribution in [3.63, 3.8) is 0 Å². The molecule has 0 spiro atoms. The van der Waals surface area contributed by atoms with Gasteiger partial charge in [0.1, 0.15) is 5.52 Å². The minimum atomic E-state index is -0.392. The van der Waals surface area contributed by atoms with Gasteiger partial charge in [-0.1, -0.05) is 13.8 Å². The van der Waals surface area contributed by atoms with E-state index in [0.717, 1.165) is 31.8 Å². The van der Waals surface area contributed by atoms with Gasteiger partial charge in [-0.15, -0.1) is 0 Å². The zero-order valence-electron chi connectivity index (χ0n) is 12.2. The summed E-state index contributed by atoms with van der Waals surface area (Å²) in [5.41, 5.74) is 1.94.